The fourth-order valence-electron chi connectivity index (χ4n) is 2.22. The van der Waals surface area contributed by atoms with Crippen molar-refractivity contribution in [2.45, 2.75) is 39.3 Å². The zero-order valence-corrected chi connectivity index (χ0v) is 12.7. The lowest BCUT2D eigenvalue weighted by atomic mass is 10.1. The van der Waals surface area contributed by atoms with Gasteiger partial charge in [-0.15, -0.1) is 12.4 Å². The Morgan fingerprint density at radius 1 is 1.26 bits per heavy atom. The lowest BCUT2D eigenvalue weighted by Crippen LogP contribution is -2.56. The minimum absolute atomic E-state index is 0. The molecule has 0 radical (unpaired) electrons. The second-order valence-corrected chi connectivity index (χ2v) is 4.97. The second-order valence-electron chi connectivity index (χ2n) is 4.97. The number of amides is 3. The maximum atomic E-state index is 11.7. The van der Waals surface area contributed by atoms with Crippen molar-refractivity contribution in [1.29, 1.82) is 0 Å². The van der Waals surface area contributed by atoms with Crippen molar-refractivity contribution in [2.24, 2.45) is 0 Å². The maximum absolute atomic E-state index is 11.7. The van der Waals surface area contributed by atoms with Gasteiger partial charge < -0.3 is 10.6 Å². The molecule has 2 atom stereocenters. The van der Waals surface area contributed by atoms with E-state index in [0.717, 1.165) is 19.5 Å². The van der Waals surface area contributed by atoms with E-state index in [0.29, 0.717) is 18.6 Å². The Morgan fingerprint density at radius 2 is 1.84 bits per heavy atom. The van der Waals surface area contributed by atoms with E-state index in [1.165, 1.54) is 0 Å². The highest BCUT2D eigenvalue weighted by molar-refractivity contribution is 5.95. The van der Waals surface area contributed by atoms with Crippen LogP contribution in [0.2, 0.25) is 0 Å². The zero-order chi connectivity index (χ0) is 13.5. The molecule has 1 heterocycles. The summed E-state index contributed by atoms with van der Waals surface area (Å²) in [5.74, 6) is -0.245. The van der Waals surface area contributed by atoms with Gasteiger partial charge in [0.2, 0.25) is 5.91 Å². The predicted molar refractivity (Wildman–Crippen MR) is 77.6 cm³/mol. The fraction of sp³-hybridized carbons (Fsp3) is 0.833. The van der Waals surface area contributed by atoms with Crippen LogP contribution in [-0.2, 0) is 4.79 Å². The van der Waals surface area contributed by atoms with Crippen molar-refractivity contribution < 1.29 is 9.59 Å². The van der Waals surface area contributed by atoms with Crippen LogP contribution in [0.5, 0.6) is 0 Å². The number of rotatable bonds is 4. The predicted octanol–water partition coefficient (Wildman–Crippen LogP) is 0.326. The average molecular weight is 293 g/mol. The molecule has 7 heteroatoms. The molecule has 1 aliphatic heterocycles. The minimum Gasteiger partial charge on any atom is -0.338 e. The van der Waals surface area contributed by atoms with Gasteiger partial charge in [0.15, 0.2) is 0 Å². The van der Waals surface area contributed by atoms with Crippen molar-refractivity contribution in [1.82, 2.24) is 20.9 Å². The highest BCUT2D eigenvalue weighted by Crippen LogP contribution is 2.02. The van der Waals surface area contributed by atoms with Crippen LogP contribution in [0, 0.1) is 0 Å². The number of imide groups is 1. The van der Waals surface area contributed by atoms with E-state index >= 15 is 0 Å². The van der Waals surface area contributed by atoms with Crippen molar-refractivity contribution in [3.8, 4) is 0 Å². The third-order valence-corrected chi connectivity index (χ3v) is 2.79. The number of hydrogen-bond acceptors (Lipinski definition) is 4. The quantitative estimate of drug-likeness (QED) is 0.698. The van der Waals surface area contributed by atoms with E-state index in [2.05, 4.69) is 34.7 Å². The van der Waals surface area contributed by atoms with Crippen LogP contribution in [0.3, 0.4) is 0 Å². The number of carbonyl (C=O) groups is 2. The van der Waals surface area contributed by atoms with Gasteiger partial charge in [-0.1, -0.05) is 6.92 Å². The first-order chi connectivity index (χ1) is 8.51. The number of hydrogen-bond donors (Lipinski definition) is 3. The molecular formula is C12H25ClN4O2. The number of halogens is 1. The second kappa shape index (κ2) is 9.12. The standard InChI is InChI=1S/C12H24N4O2.ClH/c1-4-5-13-12(18)15-11(17)8-16-6-9(2)14-10(3)7-16;/h9-10,14H,4-8H2,1-3H3,(H2,13,15,17,18);1H. The first-order valence-corrected chi connectivity index (χ1v) is 6.57. The summed E-state index contributed by atoms with van der Waals surface area (Å²) < 4.78 is 0. The third kappa shape index (κ3) is 7.34. The molecular weight excluding hydrogens is 268 g/mol. The van der Waals surface area contributed by atoms with Crippen molar-refractivity contribution in [3.05, 3.63) is 0 Å². The summed E-state index contributed by atoms with van der Waals surface area (Å²) in [5, 5.41) is 8.36. The fourth-order valence-corrected chi connectivity index (χ4v) is 2.22. The first kappa shape index (κ1) is 18.1. The summed E-state index contributed by atoms with van der Waals surface area (Å²) in [6.07, 6.45) is 0.856. The van der Waals surface area contributed by atoms with Crippen LogP contribution in [0.1, 0.15) is 27.2 Å². The summed E-state index contributed by atoms with van der Waals surface area (Å²) in [7, 11) is 0. The van der Waals surface area contributed by atoms with Gasteiger partial charge in [0, 0.05) is 31.7 Å². The van der Waals surface area contributed by atoms with Crippen LogP contribution < -0.4 is 16.0 Å². The molecule has 0 saturated carbocycles. The summed E-state index contributed by atoms with van der Waals surface area (Å²) in [6, 6.07) is 0.337. The smallest absolute Gasteiger partial charge is 0.321 e. The summed E-state index contributed by atoms with van der Waals surface area (Å²) in [6.45, 7) is 8.66. The van der Waals surface area contributed by atoms with Crippen LogP contribution in [-0.4, -0.2) is 55.1 Å². The average Bonchev–Trinajstić information content (AvgIpc) is 2.24. The van der Waals surface area contributed by atoms with E-state index in [1.54, 1.807) is 0 Å². The van der Waals surface area contributed by atoms with E-state index < -0.39 is 6.03 Å². The molecule has 1 fully saturated rings. The molecule has 0 aromatic rings. The van der Waals surface area contributed by atoms with Crippen molar-refractivity contribution >= 4 is 24.3 Å². The van der Waals surface area contributed by atoms with E-state index in [-0.39, 0.29) is 24.9 Å². The van der Waals surface area contributed by atoms with Crippen LogP contribution in [0.4, 0.5) is 4.79 Å². The first-order valence-electron chi connectivity index (χ1n) is 6.57. The van der Waals surface area contributed by atoms with Gasteiger partial charge in [0.05, 0.1) is 6.54 Å². The molecule has 1 saturated heterocycles. The minimum atomic E-state index is -0.405. The molecule has 2 unspecified atom stereocenters. The molecule has 1 rings (SSSR count). The largest absolute Gasteiger partial charge is 0.338 e. The molecule has 3 N–H and O–H groups in total. The van der Waals surface area contributed by atoms with Gasteiger partial charge in [-0.05, 0) is 20.3 Å². The Hall–Kier alpha value is -0.850. The zero-order valence-electron chi connectivity index (χ0n) is 11.9. The lowest BCUT2D eigenvalue weighted by molar-refractivity contribution is -0.121. The van der Waals surface area contributed by atoms with Gasteiger partial charge in [-0.2, -0.15) is 0 Å². The number of urea groups is 1. The highest BCUT2D eigenvalue weighted by Gasteiger charge is 2.22. The topological polar surface area (TPSA) is 73.5 Å². The van der Waals surface area contributed by atoms with Gasteiger partial charge in [-0.25, -0.2) is 4.79 Å². The molecule has 0 bridgehead atoms. The Balaban J connectivity index is 0.00000324. The van der Waals surface area contributed by atoms with Crippen molar-refractivity contribution in [2.75, 3.05) is 26.2 Å². The molecule has 1 aliphatic rings. The van der Waals surface area contributed by atoms with E-state index in [9.17, 15) is 9.59 Å². The van der Waals surface area contributed by atoms with Crippen LogP contribution >= 0.6 is 12.4 Å². The number of piperazine rings is 1. The Morgan fingerprint density at radius 3 is 2.37 bits per heavy atom. The molecule has 0 aliphatic carbocycles. The van der Waals surface area contributed by atoms with Gasteiger partial charge in [0.1, 0.15) is 0 Å². The monoisotopic (exact) mass is 292 g/mol. The van der Waals surface area contributed by atoms with Crippen LogP contribution in [0.15, 0.2) is 0 Å². The molecule has 19 heavy (non-hydrogen) atoms. The Bertz CT molecular complexity index is 291. The summed E-state index contributed by atoms with van der Waals surface area (Å²) in [4.78, 5) is 25.0. The van der Waals surface area contributed by atoms with Crippen LogP contribution in [0.25, 0.3) is 0 Å². The molecule has 0 aromatic heterocycles. The Kier molecular flexibility index (Phi) is 8.71. The lowest BCUT2D eigenvalue weighted by Gasteiger charge is -2.35. The Labute approximate surface area is 121 Å². The van der Waals surface area contributed by atoms with Crippen molar-refractivity contribution in [3.63, 3.8) is 0 Å². The number of carbonyl (C=O) groups excluding carboxylic acids is 2. The normalized spacial score (nSPS) is 23.3. The summed E-state index contributed by atoms with van der Waals surface area (Å²) in [5.41, 5.74) is 0. The molecule has 112 valence electrons. The highest BCUT2D eigenvalue weighted by atomic mass is 35.5. The molecule has 0 aromatic carbocycles. The van der Waals surface area contributed by atoms with Gasteiger partial charge in [0.25, 0.3) is 0 Å². The number of nitrogens with zero attached hydrogens (tertiary/aromatic N) is 1. The van der Waals surface area contributed by atoms with E-state index in [4.69, 9.17) is 0 Å². The number of nitrogens with one attached hydrogen (secondary N) is 3. The van der Waals surface area contributed by atoms with Gasteiger partial charge in [-0.3, -0.25) is 15.0 Å². The maximum Gasteiger partial charge on any atom is 0.321 e. The third-order valence-electron chi connectivity index (χ3n) is 2.79. The molecule has 0 spiro atoms. The SMILES string of the molecule is CCCNC(=O)NC(=O)CN1CC(C)NC(C)C1.Cl. The van der Waals surface area contributed by atoms with E-state index in [1.807, 2.05) is 6.92 Å². The molecule has 3 amide bonds. The summed E-state index contributed by atoms with van der Waals surface area (Å²) >= 11 is 0. The molecule has 6 nitrogen and oxygen atoms in total. The van der Waals surface area contributed by atoms with Gasteiger partial charge >= 0.3 is 6.03 Å².